The van der Waals surface area contributed by atoms with Gasteiger partial charge in [-0.3, -0.25) is 4.79 Å². The van der Waals surface area contributed by atoms with E-state index >= 15 is 0 Å². The molecule has 4 heteroatoms. The Morgan fingerprint density at radius 2 is 1.81 bits per heavy atom. The normalized spacial score (nSPS) is 13.9. The SMILES string of the molecule is O=C(CSc1ccc(Cl)cc1)N1CCc2ccccc2C1. The molecule has 0 aliphatic carbocycles. The van der Waals surface area contributed by atoms with Gasteiger partial charge in [-0.1, -0.05) is 35.9 Å². The van der Waals surface area contributed by atoms with Gasteiger partial charge in [-0.15, -0.1) is 11.8 Å². The molecule has 0 saturated heterocycles. The van der Waals surface area contributed by atoms with Gasteiger partial charge >= 0.3 is 0 Å². The van der Waals surface area contributed by atoms with Crippen LogP contribution in [0.4, 0.5) is 0 Å². The summed E-state index contributed by atoms with van der Waals surface area (Å²) >= 11 is 7.42. The van der Waals surface area contributed by atoms with Crippen molar-refractivity contribution in [1.82, 2.24) is 4.90 Å². The van der Waals surface area contributed by atoms with Gasteiger partial charge in [0.1, 0.15) is 0 Å². The number of thioether (sulfide) groups is 1. The molecule has 0 radical (unpaired) electrons. The highest BCUT2D eigenvalue weighted by Gasteiger charge is 2.20. The second-order valence-corrected chi connectivity index (χ2v) is 6.56. The molecule has 108 valence electrons. The van der Waals surface area contributed by atoms with Crippen molar-refractivity contribution >= 4 is 29.3 Å². The molecule has 1 aliphatic heterocycles. The van der Waals surface area contributed by atoms with Crippen molar-refractivity contribution in [2.24, 2.45) is 0 Å². The number of hydrogen-bond acceptors (Lipinski definition) is 2. The molecule has 2 nitrogen and oxygen atoms in total. The molecule has 1 aliphatic rings. The lowest BCUT2D eigenvalue weighted by Crippen LogP contribution is -2.37. The van der Waals surface area contributed by atoms with Gasteiger partial charge in [-0.05, 0) is 41.8 Å². The summed E-state index contributed by atoms with van der Waals surface area (Å²) in [4.78, 5) is 15.4. The monoisotopic (exact) mass is 317 g/mol. The van der Waals surface area contributed by atoms with Crippen molar-refractivity contribution in [2.45, 2.75) is 17.9 Å². The highest BCUT2D eigenvalue weighted by Crippen LogP contribution is 2.23. The number of carbonyl (C=O) groups is 1. The first-order valence-electron chi connectivity index (χ1n) is 6.95. The molecule has 0 aromatic heterocycles. The van der Waals surface area contributed by atoms with Crippen molar-refractivity contribution in [3.63, 3.8) is 0 Å². The lowest BCUT2D eigenvalue weighted by molar-refractivity contribution is -0.129. The average Bonchev–Trinajstić information content (AvgIpc) is 2.53. The van der Waals surface area contributed by atoms with E-state index in [1.807, 2.05) is 35.2 Å². The molecular weight excluding hydrogens is 302 g/mol. The molecule has 3 rings (SSSR count). The highest BCUT2D eigenvalue weighted by atomic mass is 35.5. The van der Waals surface area contributed by atoms with Gasteiger partial charge in [0.25, 0.3) is 0 Å². The van der Waals surface area contributed by atoms with Crippen molar-refractivity contribution in [3.05, 3.63) is 64.7 Å². The molecule has 1 amide bonds. The van der Waals surface area contributed by atoms with E-state index in [0.717, 1.165) is 29.4 Å². The van der Waals surface area contributed by atoms with Crippen LogP contribution in [0.25, 0.3) is 0 Å². The Morgan fingerprint density at radius 1 is 1.10 bits per heavy atom. The van der Waals surface area contributed by atoms with E-state index in [1.54, 1.807) is 11.8 Å². The predicted octanol–water partition coefficient (Wildman–Crippen LogP) is 4.02. The van der Waals surface area contributed by atoms with Gasteiger partial charge in [0.2, 0.25) is 5.91 Å². The van der Waals surface area contributed by atoms with E-state index < -0.39 is 0 Å². The molecule has 0 N–H and O–H groups in total. The van der Waals surface area contributed by atoms with Crippen LogP contribution in [0.3, 0.4) is 0 Å². The van der Waals surface area contributed by atoms with Gasteiger partial charge in [0, 0.05) is 23.0 Å². The third-order valence-corrected chi connectivity index (χ3v) is 4.91. The fraction of sp³-hybridized carbons (Fsp3) is 0.235. The molecule has 0 saturated carbocycles. The summed E-state index contributed by atoms with van der Waals surface area (Å²) in [5, 5.41) is 0.721. The van der Waals surface area contributed by atoms with Gasteiger partial charge in [-0.2, -0.15) is 0 Å². The van der Waals surface area contributed by atoms with Crippen LogP contribution >= 0.6 is 23.4 Å². The van der Waals surface area contributed by atoms with Crippen LogP contribution < -0.4 is 0 Å². The van der Waals surface area contributed by atoms with Gasteiger partial charge in [-0.25, -0.2) is 0 Å². The Kier molecular flexibility index (Phi) is 4.51. The van der Waals surface area contributed by atoms with Crippen LogP contribution in [0.2, 0.25) is 5.02 Å². The first-order valence-corrected chi connectivity index (χ1v) is 8.31. The number of benzene rings is 2. The number of carbonyl (C=O) groups excluding carboxylic acids is 1. The zero-order valence-electron chi connectivity index (χ0n) is 11.6. The fourth-order valence-corrected chi connectivity index (χ4v) is 3.40. The van der Waals surface area contributed by atoms with E-state index in [1.165, 1.54) is 11.1 Å². The van der Waals surface area contributed by atoms with E-state index in [0.29, 0.717) is 5.75 Å². The summed E-state index contributed by atoms with van der Waals surface area (Å²) in [5.74, 6) is 0.675. The van der Waals surface area contributed by atoms with Crippen molar-refractivity contribution < 1.29 is 4.79 Å². The molecule has 2 aromatic rings. The standard InChI is InChI=1S/C17H16ClNOS/c18-15-5-7-16(8-6-15)21-12-17(20)19-10-9-13-3-1-2-4-14(13)11-19/h1-8H,9-12H2. The average molecular weight is 318 g/mol. The topological polar surface area (TPSA) is 20.3 Å². The Morgan fingerprint density at radius 3 is 2.57 bits per heavy atom. The summed E-state index contributed by atoms with van der Waals surface area (Å²) in [6, 6.07) is 16.0. The van der Waals surface area contributed by atoms with Crippen molar-refractivity contribution in [3.8, 4) is 0 Å². The molecule has 0 bridgehead atoms. The fourth-order valence-electron chi connectivity index (χ4n) is 2.48. The Balaban J connectivity index is 1.58. The zero-order valence-corrected chi connectivity index (χ0v) is 13.2. The first-order chi connectivity index (χ1) is 10.2. The van der Waals surface area contributed by atoms with Crippen LogP contribution in [0, 0.1) is 0 Å². The second kappa shape index (κ2) is 6.54. The summed E-state index contributed by atoms with van der Waals surface area (Å²) in [6.07, 6.45) is 0.952. The Bertz CT molecular complexity index is 641. The third-order valence-electron chi connectivity index (χ3n) is 3.66. The van der Waals surface area contributed by atoms with Crippen LogP contribution in [0.5, 0.6) is 0 Å². The molecule has 0 atom stereocenters. The second-order valence-electron chi connectivity index (χ2n) is 5.08. The van der Waals surface area contributed by atoms with Crippen molar-refractivity contribution in [1.29, 1.82) is 0 Å². The van der Waals surface area contributed by atoms with E-state index in [9.17, 15) is 4.79 Å². The number of fused-ring (bicyclic) bond motifs is 1. The van der Waals surface area contributed by atoms with Gasteiger partial charge in [0.15, 0.2) is 0 Å². The molecule has 1 heterocycles. The number of amides is 1. The molecule has 2 aromatic carbocycles. The number of halogens is 1. The number of rotatable bonds is 3. The van der Waals surface area contributed by atoms with Crippen LogP contribution in [-0.2, 0) is 17.8 Å². The summed E-state index contributed by atoms with van der Waals surface area (Å²) < 4.78 is 0. The van der Waals surface area contributed by atoms with Crippen LogP contribution in [0.1, 0.15) is 11.1 Å². The minimum Gasteiger partial charge on any atom is -0.337 e. The van der Waals surface area contributed by atoms with Crippen molar-refractivity contribution in [2.75, 3.05) is 12.3 Å². The van der Waals surface area contributed by atoms with Crippen LogP contribution in [0.15, 0.2) is 53.4 Å². The molecule has 0 fully saturated rings. The number of nitrogens with zero attached hydrogens (tertiary/aromatic N) is 1. The summed E-state index contributed by atoms with van der Waals surface area (Å²) in [7, 11) is 0. The van der Waals surface area contributed by atoms with E-state index in [4.69, 9.17) is 11.6 Å². The number of hydrogen-bond donors (Lipinski definition) is 0. The Hall–Kier alpha value is -1.45. The third kappa shape index (κ3) is 3.60. The van der Waals surface area contributed by atoms with Gasteiger partial charge < -0.3 is 4.90 Å². The molecular formula is C17H16ClNOS. The maximum atomic E-state index is 12.3. The molecule has 0 unspecified atom stereocenters. The Labute approximate surface area is 134 Å². The quantitative estimate of drug-likeness (QED) is 0.797. The molecule has 0 spiro atoms. The first kappa shape index (κ1) is 14.5. The molecule has 21 heavy (non-hydrogen) atoms. The van der Waals surface area contributed by atoms with Crippen LogP contribution in [-0.4, -0.2) is 23.1 Å². The minimum atomic E-state index is 0.199. The largest absolute Gasteiger partial charge is 0.337 e. The van der Waals surface area contributed by atoms with E-state index in [2.05, 4.69) is 18.2 Å². The maximum absolute atomic E-state index is 12.3. The smallest absolute Gasteiger partial charge is 0.233 e. The minimum absolute atomic E-state index is 0.199. The zero-order chi connectivity index (χ0) is 14.7. The summed E-state index contributed by atoms with van der Waals surface area (Å²) in [6.45, 7) is 1.55. The predicted molar refractivity (Wildman–Crippen MR) is 87.7 cm³/mol. The lowest BCUT2D eigenvalue weighted by atomic mass is 10.00. The van der Waals surface area contributed by atoms with E-state index in [-0.39, 0.29) is 5.91 Å². The highest BCUT2D eigenvalue weighted by molar-refractivity contribution is 8.00. The lowest BCUT2D eigenvalue weighted by Gasteiger charge is -2.28. The maximum Gasteiger partial charge on any atom is 0.233 e. The summed E-state index contributed by atoms with van der Waals surface area (Å²) in [5.41, 5.74) is 2.64. The van der Waals surface area contributed by atoms with Gasteiger partial charge in [0.05, 0.1) is 5.75 Å².